The topological polar surface area (TPSA) is 3.88 Å². The lowest BCUT2D eigenvalue weighted by Crippen LogP contribution is -2.35. The van der Waals surface area contributed by atoms with Crippen LogP contribution >= 0.6 is 0 Å². The molecule has 106 valence electrons. The normalized spacial score (nSPS) is 16.2. The van der Waals surface area contributed by atoms with Crippen LogP contribution < -0.4 is 4.57 Å². The third-order valence-electron chi connectivity index (χ3n) is 5.13. The highest BCUT2D eigenvalue weighted by molar-refractivity contribution is 5.84. The molecule has 0 unspecified atom stereocenters. The van der Waals surface area contributed by atoms with Crippen molar-refractivity contribution in [1.82, 2.24) is 0 Å². The van der Waals surface area contributed by atoms with E-state index in [4.69, 9.17) is 0 Å². The van der Waals surface area contributed by atoms with Crippen molar-refractivity contribution in [2.75, 3.05) is 0 Å². The number of hydrogen-bond donors (Lipinski definition) is 0. The largest absolute Gasteiger partial charge is 0.213 e. The van der Waals surface area contributed by atoms with Crippen LogP contribution in [0.5, 0.6) is 0 Å². The molecular formula is C21H18N+. The van der Waals surface area contributed by atoms with Gasteiger partial charge in [0.15, 0.2) is 6.54 Å². The summed E-state index contributed by atoms with van der Waals surface area (Å²) in [5.41, 5.74) is 8.69. The summed E-state index contributed by atoms with van der Waals surface area (Å²) in [7, 11) is 0. The van der Waals surface area contributed by atoms with Gasteiger partial charge in [0.05, 0.1) is 0 Å². The summed E-state index contributed by atoms with van der Waals surface area (Å²) in [6, 6.07) is 22.1. The molecule has 3 aromatic rings. The minimum absolute atomic E-state index is 1.10. The Kier molecular flexibility index (Phi) is 2.51. The second kappa shape index (κ2) is 4.54. The van der Waals surface area contributed by atoms with Crippen LogP contribution in [0.1, 0.15) is 25.0 Å². The molecule has 2 heterocycles. The van der Waals surface area contributed by atoms with Crippen molar-refractivity contribution in [3.8, 4) is 11.1 Å². The Morgan fingerprint density at radius 3 is 2.59 bits per heavy atom. The molecule has 5 rings (SSSR count). The summed E-state index contributed by atoms with van der Waals surface area (Å²) in [6.45, 7) is 1.10. The summed E-state index contributed by atoms with van der Waals surface area (Å²) >= 11 is 0. The molecule has 1 aliphatic carbocycles. The molecule has 0 amide bonds. The van der Waals surface area contributed by atoms with Crippen LogP contribution in [0, 0.1) is 0 Å². The van der Waals surface area contributed by atoms with Crippen molar-refractivity contribution in [3.63, 3.8) is 0 Å². The van der Waals surface area contributed by atoms with E-state index < -0.39 is 0 Å². The fraction of sp³-hybridized carbons (Fsp3) is 0.190. The molecule has 1 aromatic heterocycles. The number of aromatic nitrogens is 1. The van der Waals surface area contributed by atoms with Gasteiger partial charge in [0.25, 0.3) is 0 Å². The van der Waals surface area contributed by atoms with Gasteiger partial charge < -0.3 is 0 Å². The SMILES string of the molecule is c1ccc(-c2ccc3c(ccc4[n+]3CC3=C4CCC3)c2)cc1. The molecule has 0 saturated heterocycles. The van der Waals surface area contributed by atoms with Gasteiger partial charge in [-0.1, -0.05) is 30.3 Å². The number of hydrogen-bond acceptors (Lipinski definition) is 0. The minimum atomic E-state index is 1.10. The Morgan fingerprint density at radius 1 is 0.773 bits per heavy atom. The van der Waals surface area contributed by atoms with Gasteiger partial charge in [-0.05, 0) is 48.6 Å². The van der Waals surface area contributed by atoms with Crippen molar-refractivity contribution < 1.29 is 4.57 Å². The average Bonchev–Trinajstić information content (AvgIpc) is 3.16. The van der Waals surface area contributed by atoms with Gasteiger partial charge in [-0.15, -0.1) is 0 Å². The molecule has 22 heavy (non-hydrogen) atoms. The van der Waals surface area contributed by atoms with E-state index in [0.29, 0.717) is 0 Å². The number of nitrogens with zero attached hydrogens (tertiary/aromatic N) is 1. The van der Waals surface area contributed by atoms with Gasteiger partial charge in [-0.25, -0.2) is 0 Å². The number of fused-ring (bicyclic) bond motifs is 4. The van der Waals surface area contributed by atoms with E-state index in [2.05, 4.69) is 65.2 Å². The van der Waals surface area contributed by atoms with Crippen molar-refractivity contribution in [3.05, 3.63) is 71.9 Å². The highest BCUT2D eigenvalue weighted by Gasteiger charge is 2.33. The van der Waals surface area contributed by atoms with Gasteiger partial charge in [0.1, 0.15) is 0 Å². The third kappa shape index (κ3) is 1.69. The first-order chi connectivity index (χ1) is 10.9. The molecule has 0 atom stereocenters. The monoisotopic (exact) mass is 284 g/mol. The Bertz CT molecular complexity index is 919. The molecule has 1 heteroatoms. The number of allylic oxidation sites excluding steroid dienone is 2. The highest BCUT2D eigenvalue weighted by atomic mass is 15.0. The van der Waals surface area contributed by atoms with Gasteiger partial charge >= 0.3 is 0 Å². The quantitative estimate of drug-likeness (QED) is 0.568. The molecular weight excluding hydrogens is 266 g/mol. The summed E-state index contributed by atoms with van der Waals surface area (Å²) in [5, 5.41) is 1.34. The second-order valence-corrected chi connectivity index (χ2v) is 6.38. The fourth-order valence-corrected chi connectivity index (χ4v) is 4.05. The Morgan fingerprint density at radius 2 is 1.68 bits per heavy atom. The zero-order valence-electron chi connectivity index (χ0n) is 12.5. The predicted molar refractivity (Wildman–Crippen MR) is 90.4 cm³/mol. The fourth-order valence-electron chi connectivity index (χ4n) is 4.05. The summed E-state index contributed by atoms with van der Waals surface area (Å²) in [4.78, 5) is 0. The zero-order valence-corrected chi connectivity index (χ0v) is 12.5. The zero-order chi connectivity index (χ0) is 14.5. The summed E-state index contributed by atoms with van der Waals surface area (Å²) in [5.74, 6) is 0. The van der Waals surface area contributed by atoms with Crippen LogP contribution in [0.15, 0.2) is 66.2 Å². The van der Waals surface area contributed by atoms with Crippen LogP contribution in [-0.2, 0) is 6.54 Å². The molecule has 0 bridgehead atoms. The van der Waals surface area contributed by atoms with Gasteiger partial charge in [0, 0.05) is 28.7 Å². The van der Waals surface area contributed by atoms with Gasteiger partial charge in [-0.3, -0.25) is 0 Å². The maximum atomic E-state index is 2.51. The van der Waals surface area contributed by atoms with Crippen LogP contribution in [0.4, 0.5) is 0 Å². The van der Waals surface area contributed by atoms with Gasteiger partial charge in [0.2, 0.25) is 11.2 Å². The van der Waals surface area contributed by atoms with E-state index in [1.807, 2.05) is 0 Å². The van der Waals surface area contributed by atoms with Crippen LogP contribution in [0.25, 0.3) is 27.6 Å². The Hall–Kier alpha value is -2.41. The molecule has 0 fully saturated rings. The molecule has 0 saturated carbocycles. The molecule has 0 radical (unpaired) electrons. The third-order valence-corrected chi connectivity index (χ3v) is 5.13. The smallest absolute Gasteiger partial charge is 0.188 e. The van der Waals surface area contributed by atoms with Crippen molar-refractivity contribution >= 4 is 16.5 Å². The van der Waals surface area contributed by atoms with Crippen molar-refractivity contribution in [1.29, 1.82) is 0 Å². The molecule has 0 spiro atoms. The lowest BCUT2D eigenvalue weighted by molar-refractivity contribution is -0.660. The highest BCUT2D eigenvalue weighted by Crippen LogP contribution is 2.37. The maximum Gasteiger partial charge on any atom is 0.213 e. The van der Waals surface area contributed by atoms with E-state index in [0.717, 1.165) is 6.54 Å². The van der Waals surface area contributed by atoms with E-state index in [9.17, 15) is 0 Å². The number of rotatable bonds is 1. The lowest BCUT2D eigenvalue weighted by atomic mass is 10.0. The van der Waals surface area contributed by atoms with E-state index in [1.165, 1.54) is 47.0 Å². The maximum absolute atomic E-state index is 2.51. The Labute approximate surface area is 130 Å². The first-order valence-electron chi connectivity index (χ1n) is 8.13. The predicted octanol–water partition coefficient (Wildman–Crippen LogP) is 4.75. The molecule has 1 nitrogen and oxygen atoms in total. The minimum Gasteiger partial charge on any atom is -0.188 e. The van der Waals surface area contributed by atoms with E-state index in [1.54, 1.807) is 11.1 Å². The molecule has 0 N–H and O–H groups in total. The number of benzene rings is 2. The molecule has 2 aliphatic rings. The first kappa shape index (κ1) is 12.2. The molecule has 2 aromatic carbocycles. The van der Waals surface area contributed by atoms with E-state index in [-0.39, 0.29) is 0 Å². The number of pyridine rings is 1. The summed E-state index contributed by atoms with van der Waals surface area (Å²) < 4.78 is 2.51. The van der Waals surface area contributed by atoms with Gasteiger partial charge in [-0.2, -0.15) is 4.57 Å². The standard InChI is InChI=1S/C21H18N/c1-2-5-15(6-3-1)16-9-11-20-17(13-16)10-12-21-19-8-4-7-18(19)14-22(20)21/h1-3,5-6,9-13H,4,7-8,14H2/q+1. The van der Waals surface area contributed by atoms with Crippen LogP contribution in [-0.4, -0.2) is 0 Å². The van der Waals surface area contributed by atoms with Crippen LogP contribution in [0.2, 0.25) is 0 Å². The summed E-state index contributed by atoms with van der Waals surface area (Å²) in [6.07, 6.45) is 3.90. The van der Waals surface area contributed by atoms with E-state index >= 15 is 0 Å². The Balaban J connectivity index is 1.67. The van der Waals surface area contributed by atoms with Crippen LogP contribution in [0.3, 0.4) is 0 Å². The lowest BCUT2D eigenvalue weighted by Gasteiger charge is -2.06. The second-order valence-electron chi connectivity index (χ2n) is 6.38. The first-order valence-corrected chi connectivity index (χ1v) is 8.13. The molecule has 1 aliphatic heterocycles. The average molecular weight is 284 g/mol. The van der Waals surface area contributed by atoms with Crippen molar-refractivity contribution in [2.24, 2.45) is 0 Å². The van der Waals surface area contributed by atoms with Crippen molar-refractivity contribution in [2.45, 2.75) is 25.8 Å².